The van der Waals surface area contributed by atoms with Crippen molar-refractivity contribution in [1.82, 2.24) is 4.98 Å². The van der Waals surface area contributed by atoms with Crippen LogP contribution in [0.4, 0.5) is 5.69 Å². The minimum atomic E-state index is -0.502. The van der Waals surface area contributed by atoms with Crippen LogP contribution in [0, 0.1) is 0 Å². The minimum Gasteiger partial charge on any atom is -0.505 e. The van der Waals surface area contributed by atoms with Gasteiger partial charge in [-0.1, -0.05) is 11.6 Å². The second kappa shape index (κ2) is 2.92. The molecule has 1 heterocycles. The highest BCUT2D eigenvalue weighted by Crippen LogP contribution is 2.28. The van der Waals surface area contributed by atoms with Crippen LogP contribution >= 0.6 is 11.6 Å². The minimum absolute atomic E-state index is 0.195. The van der Waals surface area contributed by atoms with Gasteiger partial charge in [-0.15, -0.1) is 0 Å². The smallest absolute Gasteiger partial charge is 0.275 e. The number of hydrogen-bond donors (Lipinski definition) is 3. The van der Waals surface area contributed by atoms with Gasteiger partial charge in [0.05, 0.1) is 5.52 Å². The van der Waals surface area contributed by atoms with Gasteiger partial charge in [0.15, 0.2) is 5.75 Å². The Morgan fingerprint density at radius 3 is 2.86 bits per heavy atom. The molecule has 0 atom stereocenters. The summed E-state index contributed by atoms with van der Waals surface area (Å²) >= 11 is 5.74. The van der Waals surface area contributed by atoms with E-state index in [1.165, 1.54) is 0 Å². The lowest BCUT2D eigenvalue weighted by atomic mass is 10.2. The molecule has 0 fully saturated rings. The number of pyridine rings is 1. The molecule has 0 aliphatic carbocycles. The van der Waals surface area contributed by atoms with Gasteiger partial charge in [-0.05, 0) is 18.2 Å². The Kier molecular flexibility index (Phi) is 1.86. The van der Waals surface area contributed by atoms with Crippen LogP contribution in [0.5, 0.6) is 5.75 Å². The number of rotatable bonds is 0. The molecule has 4 N–H and O–H groups in total. The van der Waals surface area contributed by atoms with E-state index in [0.717, 1.165) is 0 Å². The maximum atomic E-state index is 11.2. The quantitative estimate of drug-likeness (QED) is 0.616. The van der Waals surface area contributed by atoms with Crippen LogP contribution in [-0.4, -0.2) is 10.1 Å². The molecule has 0 spiro atoms. The van der Waals surface area contributed by atoms with E-state index < -0.39 is 5.56 Å². The van der Waals surface area contributed by atoms with Crippen molar-refractivity contribution in [2.75, 3.05) is 5.73 Å². The molecule has 72 valence electrons. The molecule has 0 unspecified atom stereocenters. The van der Waals surface area contributed by atoms with Gasteiger partial charge in [-0.3, -0.25) is 4.79 Å². The highest BCUT2D eigenvalue weighted by molar-refractivity contribution is 6.31. The number of nitrogen functional groups attached to an aromatic ring is 1. The third kappa shape index (κ3) is 1.20. The summed E-state index contributed by atoms with van der Waals surface area (Å²) in [5.74, 6) is -0.230. The molecule has 1 aromatic heterocycles. The molecule has 0 saturated carbocycles. The molecule has 14 heavy (non-hydrogen) atoms. The fourth-order valence-corrected chi connectivity index (χ4v) is 1.44. The Balaban J connectivity index is 2.99. The molecular weight excluding hydrogens is 204 g/mol. The highest BCUT2D eigenvalue weighted by Gasteiger charge is 2.08. The van der Waals surface area contributed by atoms with Gasteiger partial charge < -0.3 is 15.8 Å². The van der Waals surface area contributed by atoms with Gasteiger partial charge in [-0.2, -0.15) is 0 Å². The summed E-state index contributed by atoms with van der Waals surface area (Å²) in [4.78, 5) is 13.7. The Hall–Kier alpha value is -1.68. The average molecular weight is 211 g/mol. The second-order valence-electron chi connectivity index (χ2n) is 2.91. The molecule has 5 heteroatoms. The predicted octanol–water partition coefficient (Wildman–Crippen LogP) is 1.47. The Morgan fingerprint density at radius 2 is 2.14 bits per heavy atom. The third-order valence-electron chi connectivity index (χ3n) is 1.98. The number of hydrogen-bond acceptors (Lipinski definition) is 3. The normalized spacial score (nSPS) is 10.6. The third-order valence-corrected chi connectivity index (χ3v) is 2.22. The lowest BCUT2D eigenvalue weighted by Crippen LogP contribution is -2.11. The van der Waals surface area contributed by atoms with E-state index in [1.54, 1.807) is 18.2 Å². The predicted molar refractivity (Wildman–Crippen MR) is 55.7 cm³/mol. The molecular formula is C9H7ClN2O2. The Labute approximate surface area is 83.9 Å². The number of halogens is 1. The maximum absolute atomic E-state index is 11.2. The van der Waals surface area contributed by atoms with Crippen molar-refractivity contribution in [3.8, 4) is 5.75 Å². The van der Waals surface area contributed by atoms with E-state index >= 15 is 0 Å². The maximum Gasteiger partial charge on any atom is 0.275 e. The van der Waals surface area contributed by atoms with Gasteiger partial charge >= 0.3 is 0 Å². The van der Waals surface area contributed by atoms with Crippen molar-refractivity contribution in [3.05, 3.63) is 33.6 Å². The summed E-state index contributed by atoms with van der Waals surface area (Å²) in [6.07, 6.45) is 0. The highest BCUT2D eigenvalue weighted by atomic mass is 35.5. The van der Waals surface area contributed by atoms with Gasteiger partial charge in [0.2, 0.25) is 0 Å². The van der Waals surface area contributed by atoms with Gasteiger partial charge in [0, 0.05) is 10.4 Å². The number of nitrogens with one attached hydrogen (secondary N) is 1. The summed E-state index contributed by atoms with van der Waals surface area (Å²) in [6, 6.07) is 4.77. The first-order valence-electron chi connectivity index (χ1n) is 3.89. The molecule has 0 radical (unpaired) electrons. The zero-order valence-electron chi connectivity index (χ0n) is 7.04. The van der Waals surface area contributed by atoms with Gasteiger partial charge in [0.1, 0.15) is 5.69 Å². The fraction of sp³-hybridized carbons (Fsp3) is 0. The zero-order valence-corrected chi connectivity index (χ0v) is 7.80. The lowest BCUT2D eigenvalue weighted by molar-refractivity contribution is 0.483. The van der Waals surface area contributed by atoms with Crippen LogP contribution in [0.25, 0.3) is 10.9 Å². The number of aromatic amines is 1. The van der Waals surface area contributed by atoms with Crippen molar-refractivity contribution < 1.29 is 5.11 Å². The van der Waals surface area contributed by atoms with Crippen LogP contribution in [0.3, 0.4) is 0 Å². The second-order valence-corrected chi connectivity index (χ2v) is 3.34. The molecule has 2 rings (SSSR count). The largest absolute Gasteiger partial charge is 0.505 e. The van der Waals surface area contributed by atoms with E-state index in [4.69, 9.17) is 17.3 Å². The van der Waals surface area contributed by atoms with Crippen molar-refractivity contribution in [2.45, 2.75) is 0 Å². The standard InChI is InChI=1S/C9H7ClN2O2/c10-4-1-2-6-5(3-4)8(13)7(11)9(14)12-6/h1-3H,11H2,(H2,12,13,14). The molecule has 4 nitrogen and oxygen atoms in total. The molecule has 0 bridgehead atoms. The Bertz CT molecular complexity index is 562. The van der Waals surface area contributed by atoms with Crippen LogP contribution < -0.4 is 11.3 Å². The number of aromatic hydroxyl groups is 1. The first-order chi connectivity index (χ1) is 6.59. The molecule has 0 aliphatic heterocycles. The number of H-pyrrole nitrogens is 1. The van der Waals surface area contributed by atoms with Crippen LogP contribution in [-0.2, 0) is 0 Å². The number of anilines is 1. The first kappa shape index (κ1) is 8.90. The van der Waals surface area contributed by atoms with E-state index in [-0.39, 0.29) is 11.4 Å². The van der Waals surface area contributed by atoms with E-state index in [0.29, 0.717) is 15.9 Å². The molecule has 0 amide bonds. The zero-order chi connectivity index (χ0) is 10.3. The van der Waals surface area contributed by atoms with Crippen molar-refractivity contribution in [2.24, 2.45) is 0 Å². The fourth-order valence-electron chi connectivity index (χ4n) is 1.26. The van der Waals surface area contributed by atoms with Crippen molar-refractivity contribution in [1.29, 1.82) is 0 Å². The molecule has 0 saturated heterocycles. The number of nitrogens with two attached hydrogens (primary N) is 1. The Morgan fingerprint density at radius 1 is 1.43 bits per heavy atom. The number of fused-ring (bicyclic) bond motifs is 1. The molecule has 0 aliphatic rings. The molecule has 1 aromatic carbocycles. The number of aromatic nitrogens is 1. The van der Waals surface area contributed by atoms with E-state index in [1.807, 2.05) is 0 Å². The summed E-state index contributed by atoms with van der Waals surface area (Å²) < 4.78 is 0. The summed E-state index contributed by atoms with van der Waals surface area (Å²) in [5.41, 5.74) is 5.17. The van der Waals surface area contributed by atoms with E-state index in [9.17, 15) is 9.90 Å². The van der Waals surface area contributed by atoms with Crippen molar-refractivity contribution >= 4 is 28.2 Å². The number of benzene rings is 1. The summed E-state index contributed by atoms with van der Waals surface area (Å²) in [7, 11) is 0. The topological polar surface area (TPSA) is 79.1 Å². The van der Waals surface area contributed by atoms with Crippen LogP contribution in [0.2, 0.25) is 5.02 Å². The van der Waals surface area contributed by atoms with E-state index in [2.05, 4.69) is 4.98 Å². The van der Waals surface area contributed by atoms with Gasteiger partial charge in [-0.25, -0.2) is 0 Å². The first-order valence-corrected chi connectivity index (χ1v) is 4.27. The lowest BCUT2D eigenvalue weighted by Gasteiger charge is -2.03. The monoisotopic (exact) mass is 210 g/mol. The molecule has 2 aromatic rings. The van der Waals surface area contributed by atoms with Crippen molar-refractivity contribution in [3.63, 3.8) is 0 Å². The van der Waals surface area contributed by atoms with Crippen LogP contribution in [0.1, 0.15) is 0 Å². The summed E-state index contributed by atoms with van der Waals surface area (Å²) in [6.45, 7) is 0. The van der Waals surface area contributed by atoms with Gasteiger partial charge in [0.25, 0.3) is 5.56 Å². The van der Waals surface area contributed by atoms with Crippen LogP contribution in [0.15, 0.2) is 23.0 Å². The average Bonchev–Trinajstić information content (AvgIpc) is 2.16. The summed E-state index contributed by atoms with van der Waals surface area (Å²) in [5, 5.41) is 10.5. The SMILES string of the molecule is Nc1c(O)c2cc(Cl)ccc2[nH]c1=O.